The average Bonchev–Trinajstić information content (AvgIpc) is 2.99. The first-order chi connectivity index (χ1) is 11.6. The molecule has 0 aliphatic rings. The number of benzene rings is 2. The first-order valence-electron chi connectivity index (χ1n) is 7.72. The van der Waals surface area contributed by atoms with Gasteiger partial charge in [0.05, 0.1) is 17.7 Å². The summed E-state index contributed by atoms with van der Waals surface area (Å²) in [6.45, 7) is 2.58. The van der Waals surface area contributed by atoms with Gasteiger partial charge in [0.2, 0.25) is 0 Å². The summed E-state index contributed by atoms with van der Waals surface area (Å²) in [7, 11) is 0. The van der Waals surface area contributed by atoms with Crippen LogP contribution < -0.4 is 4.74 Å². The fourth-order valence-corrected chi connectivity index (χ4v) is 2.60. The number of hydrogen-bond donors (Lipinski definition) is 1. The summed E-state index contributed by atoms with van der Waals surface area (Å²) in [5, 5.41) is 9.88. The van der Waals surface area contributed by atoms with Crippen LogP contribution in [-0.4, -0.2) is 28.2 Å². The van der Waals surface area contributed by atoms with E-state index >= 15 is 0 Å². The number of aromatic carboxylic acids is 1. The molecule has 5 heteroatoms. The van der Waals surface area contributed by atoms with Crippen molar-refractivity contribution in [3.05, 3.63) is 65.9 Å². The van der Waals surface area contributed by atoms with Gasteiger partial charge in [-0.15, -0.1) is 0 Å². The first-order valence-corrected chi connectivity index (χ1v) is 7.72. The summed E-state index contributed by atoms with van der Waals surface area (Å²) in [4.78, 5) is 24.3. The molecule has 0 radical (unpaired) electrons. The summed E-state index contributed by atoms with van der Waals surface area (Å²) >= 11 is 0. The second kappa shape index (κ2) is 6.58. The molecule has 122 valence electrons. The molecule has 0 aliphatic heterocycles. The van der Waals surface area contributed by atoms with Crippen molar-refractivity contribution in [2.24, 2.45) is 0 Å². The maximum absolute atomic E-state index is 12.8. The molecule has 1 N–H and O–H groups in total. The van der Waals surface area contributed by atoms with Crippen LogP contribution in [-0.2, 0) is 0 Å². The molecule has 0 unspecified atom stereocenters. The molecule has 0 amide bonds. The van der Waals surface area contributed by atoms with Crippen molar-refractivity contribution in [2.45, 2.75) is 13.3 Å². The van der Waals surface area contributed by atoms with Crippen molar-refractivity contribution in [1.82, 2.24) is 4.57 Å². The minimum atomic E-state index is -1.06. The summed E-state index contributed by atoms with van der Waals surface area (Å²) in [5.74, 6) is -0.726. The molecule has 3 rings (SSSR count). The van der Waals surface area contributed by atoms with E-state index in [1.54, 1.807) is 48.5 Å². The molecule has 2 aromatic carbocycles. The zero-order valence-corrected chi connectivity index (χ0v) is 13.2. The molecule has 3 aromatic rings. The maximum atomic E-state index is 12.8. The second-order valence-corrected chi connectivity index (χ2v) is 5.42. The van der Waals surface area contributed by atoms with Gasteiger partial charge in [0.25, 0.3) is 5.91 Å². The highest BCUT2D eigenvalue weighted by Crippen LogP contribution is 2.23. The van der Waals surface area contributed by atoms with Gasteiger partial charge in [-0.25, -0.2) is 4.79 Å². The number of rotatable bonds is 5. The third-order valence-corrected chi connectivity index (χ3v) is 3.72. The van der Waals surface area contributed by atoms with E-state index in [2.05, 4.69) is 0 Å². The van der Waals surface area contributed by atoms with Gasteiger partial charge in [-0.3, -0.25) is 9.36 Å². The molecule has 0 bridgehead atoms. The van der Waals surface area contributed by atoms with Crippen LogP contribution in [0.25, 0.3) is 10.9 Å². The van der Waals surface area contributed by atoms with Crippen molar-refractivity contribution in [2.75, 3.05) is 6.61 Å². The number of para-hydroxylation sites is 1. The van der Waals surface area contributed by atoms with Crippen molar-refractivity contribution in [1.29, 1.82) is 0 Å². The standard InChI is InChI=1S/C19H17NO4/c1-2-10-24-14-7-5-6-13(11-14)18(21)20-12-16(19(22)23)15-8-3-4-9-17(15)20/h3-9,11-12H,2,10H2,1H3,(H,22,23). The smallest absolute Gasteiger partial charge is 0.337 e. The topological polar surface area (TPSA) is 68.5 Å². The minimum absolute atomic E-state index is 0.109. The number of carboxylic acid groups (broad SMARTS) is 1. The van der Waals surface area contributed by atoms with Gasteiger partial charge in [0.1, 0.15) is 5.75 Å². The Morgan fingerprint density at radius 2 is 1.92 bits per heavy atom. The molecule has 0 atom stereocenters. The van der Waals surface area contributed by atoms with Crippen molar-refractivity contribution >= 4 is 22.8 Å². The maximum Gasteiger partial charge on any atom is 0.337 e. The lowest BCUT2D eigenvalue weighted by atomic mass is 10.2. The number of fused-ring (bicyclic) bond motifs is 1. The van der Waals surface area contributed by atoms with E-state index in [1.165, 1.54) is 10.8 Å². The quantitative estimate of drug-likeness (QED) is 0.775. The fourth-order valence-electron chi connectivity index (χ4n) is 2.60. The molecule has 0 fully saturated rings. The normalized spacial score (nSPS) is 10.7. The van der Waals surface area contributed by atoms with Crippen LogP contribution >= 0.6 is 0 Å². The molecular formula is C19H17NO4. The average molecular weight is 323 g/mol. The minimum Gasteiger partial charge on any atom is -0.494 e. The summed E-state index contributed by atoms with van der Waals surface area (Å²) in [6.07, 6.45) is 2.25. The van der Waals surface area contributed by atoms with Crippen LogP contribution in [0.1, 0.15) is 34.1 Å². The van der Waals surface area contributed by atoms with E-state index in [9.17, 15) is 14.7 Å². The van der Waals surface area contributed by atoms with Crippen LogP contribution in [0.15, 0.2) is 54.7 Å². The highest BCUT2D eigenvalue weighted by molar-refractivity contribution is 6.09. The zero-order valence-electron chi connectivity index (χ0n) is 13.2. The summed E-state index contributed by atoms with van der Waals surface area (Å²) in [5.41, 5.74) is 1.12. The highest BCUT2D eigenvalue weighted by Gasteiger charge is 2.18. The highest BCUT2D eigenvalue weighted by atomic mass is 16.5. The molecule has 5 nitrogen and oxygen atoms in total. The molecule has 1 heterocycles. The Kier molecular flexibility index (Phi) is 4.33. The number of carbonyl (C=O) groups excluding carboxylic acids is 1. The Morgan fingerprint density at radius 1 is 1.12 bits per heavy atom. The predicted molar refractivity (Wildman–Crippen MR) is 90.9 cm³/mol. The number of carbonyl (C=O) groups is 2. The Bertz CT molecular complexity index is 911. The Balaban J connectivity index is 2.05. The van der Waals surface area contributed by atoms with Crippen molar-refractivity contribution < 1.29 is 19.4 Å². The van der Waals surface area contributed by atoms with Gasteiger partial charge in [0, 0.05) is 17.1 Å². The SMILES string of the molecule is CCCOc1cccc(C(=O)n2cc(C(=O)O)c3ccccc32)c1. The Morgan fingerprint density at radius 3 is 2.67 bits per heavy atom. The van der Waals surface area contributed by atoms with Crippen LogP contribution in [0, 0.1) is 0 Å². The third-order valence-electron chi connectivity index (χ3n) is 3.72. The number of aromatic nitrogens is 1. The van der Waals surface area contributed by atoms with Gasteiger partial charge in [-0.1, -0.05) is 31.2 Å². The van der Waals surface area contributed by atoms with E-state index < -0.39 is 5.97 Å². The first kappa shape index (κ1) is 15.8. The van der Waals surface area contributed by atoms with Crippen LogP contribution in [0.4, 0.5) is 0 Å². The van der Waals surface area contributed by atoms with E-state index in [0.29, 0.717) is 28.8 Å². The summed E-state index contributed by atoms with van der Waals surface area (Å²) in [6, 6.07) is 13.9. The molecule has 0 aliphatic carbocycles. The van der Waals surface area contributed by atoms with E-state index in [0.717, 1.165) is 6.42 Å². The Hall–Kier alpha value is -3.08. The number of carboxylic acids is 1. The fraction of sp³-hybridized carbons (Fsp3) is 0.158. The van der Waals surface area contributed by atoms with Gasteiger partial charge in [0.15, 0.2) is 0 Å². The van der Waals surface area contributed by atoms with Crippen LogP contribution in [0.5, 0.6) is 5.75 Å². The van der Waals surface area contributed by atoms with E-state index in [-0.39, 0.29) is 11.5 Å². The largest absolute Gasteiger partial charge is 0.494 e. The third kappa shape index (κ3) is 2.88. The molecule has 0 saturated carbocycles. The number of hydrogen-bond acceptors (Lipinski definition) is 3. The van der Waals surface area contributed by atoms with Gasteiger partial charge in [-0.05, 0) is 30.7 Å². The van der Waals surface area contributed by atoms with Gasteiger partial charge in [-0.2, -0.15) is 0 Å². The number of ether oxygens (including phenoxy) is 1. The molecular weight excluding hydrogens is 306 g/mol. The lowest BCUT2D eigenvalue weighted by Crippen LogP contribution is -2.11. The van der Waals surface area contributed by atoms with E-state index in [1.807, 2.05) is 6.92 Å². The van der Waals surface area contributed by atoms with Crippen molar-refractivity contribution in [3.63, 3.8) is 0 Å². The summed E-state index contributed by atoms with van der Waals surface area (Å²) < 4.78 is 6.93. The van der Waals surface area contributed by atoms with E-state index in [4.69, 9.17) is 4.74 Å². The lowest BCUT2D eigenvalue weighted by Gasteiger charge is -2.08. The van der Waals surface area contributed by atoms with Gasteiger partial charge < -0.3 is 9.84 Å². The molecule has 0 spiro atoms. The lowest BCUT2D eigenvalue weighted by molar-refractivity contribution is 0.0699. The molecule has 0 saturated heterocycles. The van der Waals surface area contributed by atoms with Crippen LogP contribution in [0.2, 0.25) is 0 Å². The van der Waals surface area contributed by atoms with Crippen LogP contribution in [0.3, 0.4) is 0 Å². The number of nitrogens with zero attached hydrogens (tertiary/aromatic N) is 1. The molecule has 1 aromatic heterocycles. The molecule has 24 heavy (non-hydrogen) atoms. The second-order valence-electron chi connectivity index (χ2n) is 5.42. The Labute approximate surface area is 139 Å². The monoisotopic (exact) mass is 323 g/mol. The zero-order chi connectivity index (χ0) is 17.1. The van der Waals surface area contributed by atoms with Crippen molar-refractivity contribution in [3.8, 4) is 5.75 Å². The predicted octanol–water partition coefficient (Wildman–Crippen LogP) is 3.82. The van der Waals surface area contributed by atoms with Gasteiger partial charge >= 0.3 is 5.97 Å².